The molecule has 17 heavy (non-hydrogen) atoms. The number of Topliss-reactive ketones (excluding diaryl/α,β-unsaturated/α-hetero) is 1. The number of carbonyl (C=O) groups excluding carboxylic acids is 1. The van der Waals surface area contributed by atoms with Crippen molar-refractivity contribution >= 4 is 5.78 Å². The minimum absolute atomic E-state index is 0.0273. The minimum atomic E-state index is -0.0273. The number of carbonyl (C=O) groups is 1. The van der Waals surface area contributed by atoms with Gasteiger partial charge in [0.05, 0.1) is 0 Å². The number of benzene rings is 2. The highest BCUT2D eigenvalue weighted by Gasteiger charge is 2.05. The summed E-state index contributed by atoms with van der Waals surface area (Å²) in [5.41, 5.74) is 1.76. The van der Waals surface area contributed by atoms with E-state index in [1.54, 1.807) is 18.2 Å². The van der Waals surface area contributed by atoms with Crippen LogP contribution in [0.1, 0.15) is 15.9 Å². The third kappa shape index (κ3) is 3.18. The Morgan fingerprint density at radius 2 is 2.00 bits per heavy atom. The van der Waals surface area contributed by atoms with Gasteiger partial charge in [0.1, 0.15) is 5.75 Å². The largest absolute Gasteiger partial charge is 0.485 e. The van der Waals surface area contributed by atoms with Crippen LogP contribution in [0.4, 0.5) is 0 Å². The molecule has 2 rings (SSSR count). The summed E-state index contributed by atoms with van der Waals surface area (Å²) >= 11 is 0. The Morgan fingerprint density at radius 3 is 2.71 bits per heavy atom. The molecule has 0 saturated carbocycles. The predicted molar refractivity (Wildman–Crippen MR) is 66.3 cm³/mol. The van der Waals surface area contributed by atoms with Crippen molar-refractivity contribution in [1.29, 1.82) is 0 Å². The molecule has 2 nitrogen and oxygen atoms in total. The van der Waals surface area contributed by atoms with Crippen LogP contribution < -0.4 is 4.74 Å². The van der Waals surface area contributed by atoms with E-state index >= 15 is 0 Å². The smallest absolute Gasteiger partial charge is 0.200 e. The van der Waals surface area contributed by atoms with Crippen molar-refractivity contribution in [2.45, 2.75) is 6.92 Å². The Labute approximate surface area is 101 Å². The Balaban J connectivity index is 1.97. The Bertz CT molecular complexity index is 503. The summed E-state index contributed by atoms with van der Waals surface area (Å²) in [7, 11) is 0. The lowest BCUT2D eigenvalue weighted by Gasteiger charge is -2.05. The molecule has 0 aliphatic carbocycles. The first kappa shape index (κ1) is 11.4. The topological polar surface area (TPSA) is 26.3 Å². The normalized spacial score (nSPS) is 9.94. The summed E-state index contributed by atoms with van der Waals surface area (Å²) in [4.78, 5) is 11.8. The number of hydrogen-bond acceptors (Lipinski definition) is 2. The van der Waals surface area contributed by atoms with Crippen molar-refractivity contribution in [1.82, 2.24) is 0 Å². The Hall–Kier alpha value is -2.09. The van der Waals surface area contributed by atoms with Crippen LogP contribution in [0.25, 0.3) is 0 Å². The molecule has 0 aromatic heterocycles. The van der Waals surface area contributed by atoms with E-state index in [1.807, 2.05) is 37.3 Å². The van der Waals surface area contributed by atoms with Gasteiger partial charge in [-0.15, -0.1) is 0 Å². The average Bonchev–Trinajstić information content (AvgIpc) is 2.37. The molecule has 2 aromatic rings. The first-order chi connectivity index (χ1) is 8.25. The summed E-state index contributed by atoms with van der Waals surface area (Å²) in [5.74, 6) is 0.579. The van der Waals surface area contributed by atoms with E-state index in [2.05, 4.69) is 6.07 Å². The average molecular weight is 225 g/mol. The van der Waals surface area contributed by atoms with Gasteiger partial charge in [0.2, 0.25) is 0 Å². The molecular formula is C15H13O2. The zero-order valence-electron chi connectivity index (χ0n) is 9.64. The third-order valence-electron chi connectivity index (χ3n) is 2.39. The molecule has 0 bridgehead atoms. The van der Waals surface area contributed by atoms with Gasteiger partial charge in [-0.05, 0) is 18.6 Å². The second kappa shape index (κ2) is 5.30. The van der Waals surface area contributed by atoms with Crippen LogP contribution >= 0.6 is 0 Å². The SMILES string of the molecule is Cc1cc[c]c(OCC(=O)c2ccccc2)c1. The van der Waals surface area contributed by atoms with Crippen molar-refractivity contribution in [3.8, 4) is 5.75 Å². The van der Waals surface area contributed by atoms with Gasteiger partial charge in [0.15, 0.2) is 12.4 Å². The van der Waals surface area contributed by atoms with E-state index in [-0.39, 0.29) is 12.4 Å². The monoisotopic (exact) mass is 225 g/mol. The number of ether oxygens (including phenoxy) is 1. The Kier molecular flexibility index (Phi) is 3.55. The molecule has 0 amide bonds. The van der Waals surface area contributed by atoms with Gasteiger partial charge in [0, 0.05) is 11.6 Å². The summed E-state index contributed by atoms with van der Waals surface area (Å²) < 4.78 is 5.40. The second-order valence-corrected chi connectivity index (χ2v) is 3.81. The summed E-state index contributed by atoms with van der Waals surface area (Å²) in [6, 6.07) is 17.7. The fourth-order valence-electron chi connectivity index (χ4n) is 1.49. The van der Waals surface area contributed by atoms with Crippen LogP contribution in [0.5, 0.6) is 5.75 Å². The highest BCUT2D eigenvalue weighted by atomic mass is 16.5. The van der Waals surface area contributed by atoms with Crippen molar-refractivity contribution in [3.05, 3.63) is 65.7 Å². The molecular weight excluding hydrogens is 212 g/mol. The second-order valence-electron chi connectivity index (χ2n) is 3.81. The van der Waals surface area contributed by atoms with E-state index in [0.717, 1.165) is 5.56 Å². The lowest BCUT2D eigenvalue weighted by molar-refractivity contribution is 0.0921. The number of rotatable bonds is 4. The fourth-order valence-corrected chi connectivity index (χ4v) is 1.49. The van der Waals surface area contributed by atoms with E-state index < -0.39 is 0 Å². The van der Waals surface area contributed by atoms with Crippen molar-refractivity contribution in [2.24, 2.45) is 0 Å². The molecule has 0 aliphatic heterocycles. The molecule has 0 spiro atoms. The molecule has 0 atom stereocenters. The van der Waals surface area contributed by atoms with Gasteiger partial charge >= 0.3 is 0 Å². The summed E-state index contributed by atoms with van der Waals surface area (Å²) in [6.45, 7) is 2.02. The van der Waals surface area contributed by atoms with E-state index in [4.69, 9.17) is 4.74 Å². The molecule has 0 aliphatic rings. The molecule has 2 aromatic carbocycles. The zero-order chi connectivity index (χ0) is 12.1. The third-order valence-corrected chi connectivity index (χ3v) is 2.39. The highest BCUT2D eigenvalue weighted by Crippen LogP contribution is 2.12. The zero-order valence-corrected chi connectivity index (χ0v) is 9.64. The summed E-state index contributed by atoms with van der Waals surface area (Å²) in [5, 5.41) is 0. The van der Waals surface area contributed by atoms with Crippen LogP contribution in [-0.4, -0.2) is 12.4 Å². The predicted octanol–water partition coefficient (Wildman–Crippen LogP) is 3.06. The Morgan fingerprint density at radius 1 is 1.24 bits per heavy atom. The molecule has 2 heteroatoms. The highest BCUT2D eigenvalue weighted by molar-refractivity contribution is 5.97. The van der Waals surface area contributed by atoms with Gasteiger partial charge < -0.3 is 4.74 Å². The van der Waals surface area contributed by atoms with Crippen molar-refractivity contribution < 1.29 is 9.53 Å². The molecule has 0 saturated heterocycles. The van der Waals surface area contributed by atoms with Gasteiger partial charge in [0.25, 0.3) is 0 Å². The van der Waals surface area contributed by atoms with Crippen LogP contribution in [0.2, 0.25) is 0 Å². The van der Waals surface area contributed by atoms with Crippen molar-refractivity contribution in [3.63, 3.8) is 0 Å². The van der Waals surface area contributed by atoms with Gasteiger partial charge in [-0.2, -0.15) is 0 Å². The van der Waals surface area contributed by atoms with Crippen LogP contribution in [-0.2, 0) is 0 Å². The first-order valence-electron chi connectivity index (χ1n) is 5.45. The summed E-state index contributed by atoms with van der Waals surface area (Å²) in [6.07, 6.45) is 0. The van der Waals surface area contributed by atoms with Gasteiger partial charge in [-0.25, -0.2) is 0 Å². The van der Waals surface area contributed by atoms with E-state index in [1.165, 1.54) is 0 Å². The number of hydrogen-bond donors (Lipinski definition) is 0. The van der Waals surface area contributed by atoms with Gasteiger partial charge in [-0.1, -0.05) is 42.5 Å². The quantitative estimate of drug-likeness (QED) is 0.747. The van der Waals surface area contributed by atoms with Crippen LogP contribution in [0.15, 0.2) is 48.5 Å². The first-order valence-corrected chi connectivity index (χ1v) is 5.45. The lowest BCUT2D eigenvalue weighted by atomic mass is 10.1. The molecule has 0 fully saturated rings. The van der Waals surface area contributed by atoms with Crippen LogP contribution in [0.3, 0.4) is 0 Å². The molecule has 0 N–H and O–H groups in total. The maximum absolute atomic E-state index is 11.8. The molecule has 1 radical (unpaired) electrons. The molecule has 0 heterocycles. The van der Waals surface area contributed by atoms with Crippen molar-refractivity contribution in [2.75, 3.05) is 6.61 Å². The maximum atomic E-state index is 11.8. The van der Waals surface area contributed by atoms with E-state index in [9.17, 15) is 4.79 Å². The van der Waals surface area contributed by atoms with E-state index in [0.29, 0.717) is 11.3 Å². The number of ketones is 1. The molecule has 85 valence electrons. The van der Waals surface area contributed by atoms with Gasteiger partial charge in [-0.3, -0.25) is 4.79 Å². The molecule has 0 unspecified atom stereocenters. The fraction of sp³-hybridized carbons (Fsp3) is 0.133. The van der Waals surface area contributed by atoms with Crippen LogP contribution in [0, 0.1) is 13.0 Å². The lowest BCUT2D eigenvalue weighted by Crippen LogP contribution is -2.11. The maximum Gasteiger partial charge on any atom is 0.200 e. The number of aryl methyl sites for hydroxylation is 1. The standard InChI is InChI=1S/C15H13O2/c1-12-6-5-9-14(10-12)17-11-15(16)13-7-3-2-4-8-13/h2-8,10H,11H2,1H3. The minimum Gasteiger partial charge on any atom is -0.485 e.